The fraction of sp³-hybridized carbons (Fsp3) is 0.560. The van der Waals surface area contributed by atoms with Gasteiger partial charge in [-0.1, -0.05) is 0 Å². The molecule has 1 aromatic carbocycles. The third-order valence-corrected chi connectivity index (χ3v) is 9.32. The van der Waals surface area contributed by atoms with E-state index in [1.807, 2.05) is 23.9 Å². The number of thioether (sulfide) groups is 1. The van der Waals surface area contributed by atoms with E-state index < -0.39 is 5.82 Å². The van der Waals surface area contributed by atoms with Gasteiger partial charge in [0.1, 0.15) is 12.0 Å². The summed E-state index contributed by atoms with van der Waals surface area (Å²) in [4.78, 5) is 25.2. The second-order valence-electron chi connectivity index (χ2n) is 10.0. The zero-order valence-electron chi connectivity index (χ0n) is 19.8. The molecule has 2 N–H and O–H groups in total. The molecule has 0 unspecified atom stereocenters. The van der Waals surface area contributed by atoms with Crippen LogP contribution in [0.3, 0.4) is 0 Å². The lowest BCUT2D eigenvalue weighted by Crippen LogP contribution is -2.44. The average Bonchev–Trinajstić information content (AvgIpc) is 3.42. The quantitative estimate of drug-likeness (QED) is 0.607. The fourth-order valence-corrected chi connectivity index (χ4v) is 7.51. The largest absolute Gasteiger partial charge is 0.490 e. The highest BCUT2D eigenvalue weighted by molar-refractivity contribution is 7.99. The molecule has 4 aliphatic rings. The number of likely N-dealkylation sites (N-methyl/N-ethyl adjacent to an activating group) is 1. The van der Waals surface area contributed by atoms with Crippen molar-refractivity contribution in [3.8, 4) is 5.75 Å². The minimum absolute atomic E-state index is 0.114. The van der Waals surface area contributed by atoms with Gasteiger partial charge in [0.2, 0.25) is 5.95 Å². The van der Waals surface area contributed by atoms with Crippen molar-refractivity contribution in [2.75, 3.05) is 61.1 Å². The van der Waals surface area contributed by atoms with Gasteiger partial charge in [-0.3, -0.25) is 0 Å². The van der Waals surface area contributed by atoms with Gasteiger partial charge >= 0.3 is 0 Å². The second kappa shape index (κ2) is 9.46. The van der Waals surface area contributed by atoms with Crippen LogP contribution in [0.4, 0.5) is 27.5 Å². The summed E-state index contributed by atoms with van der Waals surface area (Å²) in [5.41, 5.74) is 1.87. The van der Waals surface area contributed by atoms with Gasteiger partial charge in [0.05, 0.1) is 18.5 Å². The van der Waals surface area contributed by atoms with Crippen molar-refractivity contribution in [3.63, 3.8) is 0 Å². The van der Waals surface area contributed by atoms with E-state index in [4.69, 9.17) is 4.74 Å². The second-order valence-corrected chi connectivity index (χ2v) is 11.4. The summed E-state index contributed by atoms with van der Waals surface area (Å²) in [6, 6.07) is 5.93. The minimum atomic E-state index is -0.508. The van der Waals surface area contributed by atoms with Crippen molar-refractivity contribution < 1.29 is 13.9 Å². The zero-order chi connectivity index (χ0) is 23.9. The molecule has 2 aromatic rings. The summed E-state index contributed by atoms with van der Waals surface area (Å²) in [5, 5.41) is 6.92. The van der Waals surface area contributed by atoms with Gasteiger partial charge in [-0.2, -0.15) is 16.7 Å². The lowest BCUT2D eigenvalue weighted by Gasteiger charge is -2.35. The molecule has 6 bridgehead atoms. The molecule has 0 radical (unpaired) electrons. The standard InChI is InChI=1S/C25H31FN6O2S/c1-31-4-6-32(7-5-31)20-3-2-16-12-21(20)34-8-9-35-22-11-15-10-17(22)23(18(15)14-33)29-24-19(26)13-27-25(28-16)30-24/h2-3,12-15,17-18,22-23H,4-11H2,1H3,(H2,27,28,29,30)/t15-,17+,18-,22+,23+/m0/s1. The highest BCUT2D eigenvalue weighted by Gasteiger charge is 2.53. The molecule has 2 aliphatic heterocycles. The Morgan fingerprint density at radius 2 is 2.09 bits per heavy atom. The van der Waals surface area contributed by atoms with E-state index in [1.165, 1.54) is 6.20 Å². The Labute approximate surface area is 209 Å². The lowest BCUT2D eigenvalue weighted by atomic mass is 9.85. The van der Waals surface area contributed by atoms with Crippen LogP contribution in [0, 0.1) is 23.6 Å². The molecule has 2 aliphatic carbocycles. The molecule has 5 atom stereocenters. The molecular formula is C25H31FN6O2S. The van der Waals surface area contributed by atoms with E-state index in [-0.39, 0.29) is 17.8 Å². The van der Waals surface area contributed by atoms with Crippen LogP contribution >= 0.6 is 11.8 Å². The third-order valence-electron chi connectivity index (χ3n) is 7.95. The van der Waals surface area contributed by atoms with Gasteiger partial charge in [0.15, 0.2) is 11.6 Å². The number of benzene rings is 1. The molecule has 1 aromatic heterocycles. The summed E-state index contributed by atoms with van der Waals surface area (Å²) in [5.74, 6) is 2.18. The van der Waals surface area contributed by atoms with E-state index in [0.29, 0.717) is 29.6 Å². The van der Waals surface area contributed by atoms with Crippen LogP contribution in [0.15, 0.2) is 24.4 Å². The fourth-order valence-electron chi connectivity index (χ4n) is 6.11. The zero-order valence-corrected chi connectivity index (χ0v) is 20.6. The van der Waals surface area contributed by atoms with Gasteiger partial charge in [0, 0.05) is 60.9 Å². The van der Waals surface area contributed by atoms with Crippen molar-refractivity contribution >= 4 is 41.2 Å². The predicted molar refractivity (Wildman–Crippen MR) is 136 cm³/mol. The van der Waals surface area contributed by atoms with Gasteiger partial charge in [0.25, 0.3) is 0 Å². The number of carbonyl (C=O) groups is 1. The number of halogens is 1. The smallest absolute Gasteiger partial charge is 0.229 e. The Balaban J connectivity index is 1.32. The molecule has 3 heterocycles. The summed E-state index contributed by atoms with van der Waals surface area (Å²) in [7, 11) is 2.15. The van der Waals surface area contributed by atoms with Crippen LogP contribution in [0.1, 0.15) is 12.8 Å². The molecule has 35 heavy (non-hydrogen) atoms. The lowest BCUT2D eigenvalue weighted by molar-refractivity contribution is -0.112. The van der Waals surface area contributed by atoms with Crippen LogP contribution in [0.25, 0.3) is 0 Å². The number of ether oxygens (including phenoxy) is 1. The van der Waals surface area contributed by atoms with Crippen LogP contribution in [0.2, 0.25) is 0 Å². The Morgan fingerprint density at radius 3 is 2.91 bits per heavy atom. The molecule has 2 saturated carbocycles. The summed E-state index contributed by atoms with van der Waals surface area (Å²) in [6.07, 6.45) is 4.24. The average molecular weight is 499 g/mol. The molecule has 3 fully saturated rings. The first kappa shape index (κ1) is 22.8. The van der Waals surface area contributed by atoms with Crippen LogP contribution in [-0.4, -0.2) is 78.0 Å². The van der Waals surface area contributed by atoms with E-state index >= 15 is 0 Å². The van der Waals surface area contributed by atoms with Crippen LogP contribution in [0.5, 0.6) is 5.75 Å². The Morgan fingerprint density at radius 1 is 1.23 bits per heavy atom. The Bertz CT molecular complexity index is 1100. The first-order valence-corrected chi connectivity index (χ1v) is 13.5. The van der Waals surface area contributed by atoms with Crippen molar-refractivity contribution in [2.45, 2.75) is 24.1 Å². The topological polar surface area (TPSA) is 82.6 Å². The summed E-state index contributed by atoms with van der Waals surface area (Å²) < 4.78 is 21.1. The van der Waals surface area contributed by atoms with E-state index in [1.54, 1.807) is 0 Å². The van der Waals surface area contributed by atoms with Gasteiger partial charge in [-0.05, 0) is 43.9 Å². The maximum Gasteiger partial charge on any atom is 0.229 e. The van der Waals surface area contributed by atoms with E-state index in [2.05, 4.69) is 43.5 Å². The molecule has 10 heteroatoms. The number of carbonyl (C=O) groups excluding carboxylic acids is 1. The van der Waals surface area contributed by atoms with E-state index in [9.17, 15) is 9.18 Å². The summed E-state index contributed by atoms with van der Waals surface area (Å²) in [6.45, 7) is 4.55. The first-order valence-electron chi connectivity index (χ1n) is 12.4. The maximum absolute atomic E-state index is 14.7. The molecule has 0 amide bonds. The molecule has 0 spiro atoms. The van der Waals surface area contributed by atoms with Gasteiger partial charge < -0.3 is 30.0 Å². The number of hydrogen-bond donors (Lipinski definition) is 2. The Hall–Kier alpha value is -2.59. The number of anilines is 4. The predicted octanol–water partition coefficient (Wildman–Crippen LogP) is 3.24. The molecule has 8 nitrogen and oxygen atoms in total. The maximum atomic E-state index is 14.7. The third kappa shape index (κ3) is 4.42. The van der Waals surface area contributed by atoms with Crippen molar-refractivity contribution in [1.82, 2.24) is 14.9 Å². The van der Waals surface area contributed by atoms with Crippen molar-refractivity contribution in [3.05, 3.63) is 30.2 Å². The van der Waals surface area contributed by atoms with Gasteiger partial charge in [-0.25, -0.2) is 9.37 Å². The number of nitrogens with one attached hydrogen (secondary N) is 2. The number of fused-ring (bicyclic) bond motifs is 5. The molecular weight excluding hydrogens is 467 g/mol. The highest BCUT2D eigenvalue weighted by Crippen LogP contribution is 2.53. The number of nitrogens with zero attached hydrogens (tertiary/aromatic N) is 4. The molecule has 1 saturated heterocycles. The number of aldehydes is 1. The molecule has 186 valence electrons. The monoisotopic (exact) mass is 498 g/mol. The SMILES string of the molecule is CN1CCN(c2ccc3cc2OCCS[C@@H]2C[C@@H]4C[C@H]2[C@@H](Nc2nc(ncc2F)N3)[C@H]4C=O)CC1. The number of piperazine rings is 1. The normalized spacial score (nSPS) is 30.5. The number of aromatic nitrogens is 2. The number of rotatable bonds is 2. The molecule has 6 rings (SSSR count). The summed E-state index contributed by atoms with van der Waals surface area (Å²) >= 11 is 1.91. The van der Waals surface area contributed by atoms with E-state index in [0.717, 1.165) is 68.2 Å². The highest BCUT2D eigenvalue weighted by atomic mass is 32.2. The first-order chi connectivity index (χ1) is 17.1. The van der Waals surface area contributed by atoms with Crippen LogP contribution in [-0.2, 0) is 4.79 Å². The number of hydrogen-bond acceptors (Lipinski definition) is 9. The minimum Gasteiger partial charge on any atom is -0.490 e. The van der Waals surface area contributed by atoms with Crippen molar-refractivity contribution in [2.24, 2.45) is 17.8 Å². The van der Waals surface area contributed by atoms with Gasteiger partial charge in [-0.15, -0.1) is 0 Å². The Kier molecular flexibility index (Phi) is 6.18. The van der Waals surface area contributed by atoms with Crippen molar-refractivity contribution in [1.29, 1.82) is 0 Å². The van der Waals surface area contributed by atoms with Crippen LogP contribution < -0.4 is 20.3 Å².